The number of esters is 1. The summed E-state index contributed by atoms with van der Waals surface area (Å²) in [6.07, 6.45) is 3.44. The summed E-state index contributed by atoms with van der Waals surface area (Å²) in [5.41, 5.74) is 2.28. The average molecular weight is 418 g/mol. The molecule has 0 aliphatic carbocycles. The van der Waals surface area contributed by atoms with Crippen molar-refractivity contribution in [3.63, 3.8) is 0 Å². The Labute approximate surface area is 177 Å². The van der Waals surface area contributed by atoms with Gasteiger partial charge < -0.3 is 25.0 Å². The van der Waals surface area contributed by atoms with Crippen LogP contribution in [-0.4, -0.2) is 50.2 Å². The van der Waals surface area contributed by atoms with Gasteiger partial charge in [0.2, 0.25) is 5.91 Å². The smallest absolute Gasteiger partial charge is 0.338 e. The molecule has 0 fully saturated rings. The predicted octanol–water partition coefficient (Wildman–Crippen LogP) is 3.37. The molecule has 0 unspecified atom stereocenters. The molecule has 30 heavy (non-hydrogen) atoms. The molecule has 8 heteroatoms. The number of hydrogen-bond donors (Lipinski definition) is 2. The summed E-state index contributed by atoms with van der Waals surface area (Å²) in [7, 11) is 3.13. The molecule has 1 aliphatic heterocycles. The number of benzene rings is 1. The fraction of sp³-hybridized carbons (Fsp3) is 0.500. The third kappa shape index (κ3) is 6.06. The molecule has 0 saturated heterocycles. The number of nitrogens with one attached hydrogen (secondary N) is 2. The van der Waals surface area contributed by atoms with Gasteiger partial charge in [-0.3, -0.25) is 4.79 Å². The second-order valence-corrected chi connectivity index (χ2v) is 7.20. The Hall–Kier alpha value is -2.87. The van der Waals surface area contributed by atoms with Crippen LogP contribution in [0.2, 0.25) is 0 Å². The maximum atomic E-state index is 12.7. The lowest BCUT2D eigenvalue weighted by Gasteiger charge is -2.33. The summed E-state index contributed by atoms with van der Waals surface area (Å²) in [5, 5.41) is 5.71. The molecule has 1 aliphatic rings. The van der Waals surface area contributed by atoms with Crippen LogP contribution < -0.4 is 10.6 Å². The lowest BCUT2D eigenvalue weighted by molar-refractivity contribution is -0.140. The van der Waals surface area contributed by atoms with Crippen LogP contribution in [0.4, 0.5) is 10.5 Å². The summed E-state index contributed by atoms with van der Waals surface area (Å²) in [6, 6.07) is 6.15. The molecule has 1 atom stereocenters. The van der Waals surface area contributed by atoms with Gasteiger partial charge >= 0.3 is 12.0 Å². The van der Waals surface area contributed by atoms with Crippen molar-refractivity contribution < 1.29 is 23.9 Å². The molecule has 0 aromatic heterocycles. The van der Waals surface area contributed by atoms with Crippen LogP contribution in [0.25, 0.3) is 0 Å². The molecule has 2 N–H and O–H groups in total. The Morgan fingerprint density at radius 1 is 1.17 bits per heavy atom. The summed E-state index contributed by atoms with van der Waals surface area (Å²) in [5.74, 6) is -0.531. The largest absolute Gasteiger partial charge is 0.460 e. The number of unbranched alkanes of at least 4 members (excludes halogenated alkanes) is 2. The highest BCUT2D eigenvalue weighted by Crippen LogP contribution is 2.31. The van der Waals surface area contributed by atoms with Gasteiger partial charge in [-0.15, -0.1) is 0 Å². The van der Waals surface area contributed by atoms with E-state index in [1.165, 1.54) is 12.0 Å². The van der Waals surface area contributed by atoms with Gasteiger partial charge in [-0.25, -0.2) is 9.59 Å². The number of anilines is 1. The molecular weight excluding hydrogens is 386 g/mol. The Bertz CT molecular complexity index is 788. The molecule has 0 bridgehead atoms. The molecule has 164 valence electrons. The average Bonchev–Trinajstić information content (AvgIpc) is 2.72. The number of methoxy groups -OCH3 is 1. The van der Waals surface area contributed by atoms with Gasteiger partial charge in [-0.2, -0.15) is 0 Å². The van der Waals surface area contributed by atoms with Gasteiger partial charge in [0.15, 0.2) is 0 Å². The van der Waals surface area contributed by atoms with Crippen molar-refractivity contribution in [2.75, 3.05) is 32.7 Å². The molecule has 0 saturated carbocycles. The van der Waals surface area contributed by atoms with Crippen molar-refractivity contribution in [3.8, 4) is 0 Å². The van der Waals surface area contributed by atoms with Crippen molar-refractivity contribution in [3.05, 3.63) is 41.1 Å². The minimum Gasteiger partial charge on any atom is -0.460 e. The third-order valence-corrected chi connectivity index (χ3v) is 5.03. The van der Waals surface area contributed by atoms with Crippen molar-refractivity contribution in [2.45, 2.75) is 45.6 Å². The minimum absolute atomic E-state index is 0.0260. The fourth-order valence-corrected chi connectivity index (χ4v) is 3.16. The van der Waals surface area contributed by atoms with Crippen LogP contribution in [0.15, 0.2) is 35.5 Å². The number of carbonyl (C=O) groups excluding carboxylic acids is 3. The number of nitrogens with zero attached hydrogens (tertiary/aromatic N) is 1. The molecule has 1 aromatic rings. The highest BCUT2D eigenvalue weighted by atomic mass is 16.6. The van der Waals surface area contributed by atoms with Crippen molar-refractivity contribution in [2.24, 2.45) is 0 Å². The van der Waals surface area contributed by atoms with E-state index in [1.807, 2.05) is 0 Å². The molecule has 1 aromatic carbocycles. The van der Waals surface area contributed by atoms with Gasteiger partial charge in [-0.05, 0) is 31.0 Å². The maximum absolute atomic E-state index is 12.7. The molecule has 3 amide bonds. The van der Waals surface area contributed by atoms with Gasteiger partial charge in [0.25, 0.3) is 0 Å². The van der Waals surface area contributed by atoms with Crippen LogP contribution >= 0.6 is 0 Å². The maximum Gasteiger partial charge on any atom is 0.338 e. The molecule has 0 spiro atoms. The highest BCUT2D eigenvalue weighted by molar-refractivity contribution is 5.95. The molecular formula is C22H31N3O5. The van der Waals surface area contributed by atoms with E-state index < -0.39 is 12.0 Å². The number of ether oxygens (including phenoxy) is 2. The Morgan fingerprint density at radius 2 is 1.87 bits per heavy atom. The standard InChI is InChI=1S/C22H31N3O5/c1-5-6-7-8-18(26)23-17-11-9-16(10-12-17)20-19(21(27)30-14-13-29-4)15(2)25(3)22(28)24-20/h9-12,20H,5-8,13-14H2,1-4H3,(H,23,26)(H,24,28)/t20-/m0/s1. The van der Waals surface area contributed by atoms with Gasteiger partial charge in [0.1, 0.15) is 6.61 Å². The fourth-order valence-electron chi connectivity index (χ4n) is 3.16. The van der Waals surface area contributed by atoms with Gasteiger partial charge in [0.05, 0.1) is 18.2 Å². The molecule has 1 heterocycles. The van der Waals surface area contributed by atoms with E-state index in [1.54, 1.807) is 38.2 Å². The van der Waals surface area contributed by atoms with E-state index in [2.05, 4.69) is 17.6 Å². The Kier molecular flexibility index (Phi) is 8.86. The van der Waals surface area contributed by atoms with E-state index in [0.717, 1.165) is 24.8 Å². The Balaban J connectivity index is 2.17. The third-order valence-electron chi connectivity index (χ3n) is 5.03. The van der Waals surface area contributed by atoms with Gasteiger partial charge in [0, 0.05) is 32.0 Å². The quantitative estimate of drug-likeness (QED) is 0.449. The second kappa shape index (κ2) is 11.3. The van der Waals surface area contributed by atoms with E-state index in [0.29, 0.717) is 23.4 Å². The van der Waals surface area contributed by atoms with E-state index in [9.17, 15) is 14.4 Å². The van der Waals surface area contributed by atoms with Crippen LogP contribution in [0.5, 0.6) is 0 Å². The first-order valence-electron chi connectivity index (χ1n) is 10.2. The first-order chi connectivity index (χ1) is 14.4. The molecule has 8 nitrogen and oxygen atoms in total. The Morgan fingerprint density at radius 3 is 2.50 bits per heavy atom. The first kappa shape index (κ1) is 23.4. The number of carbonyl (C=O) groups is 3. The number of urea groups is 1. The zero-order chi connectivity index (χ0) is 22.1. The zero-order valence-corrected chi connectivity index (χ0v) is 18.1. The van der Waals surface area contributed by atoms with Crippen LogP contribution in [0, 0.1) is 0 Å². The summed E-state index contributed by atoms with van der Waals surface area (Å²) < 4.78 is 10.2. The van der Waals surface area contributed by atoms with Crippen molar-refractivity contribution in [1.29, 1.82) is 0 Å². The zero-order valence-electron chi connectivity index (χ0n) is 18.1. The lowest BCUT2D eigenvalue weighted by Crippen LogP contribution is -2.46. The van der Waals surface area contributed by atoms with Crippen LogP contribution in [-0.2, 0) is 19.1 Å². The highest BCUT2D eigenvalue weighted by Gasteiger charge is 2.35. The van der Waals surface area contributed by atoms with E-state index in [4.69, 9.17) is 9.47 Å². The summed E-state index contributed by atoms with van der Waals surface area (Å²) in [4.78, 5) is 38.4. The van der Waals surface area contributed by atoms with Crippen LogP contribution in [0.3, 0.4) is 0 Å². The molecule has 0 radical (unpaired) electrons. The van der Waals surface area contributed by atoms with E-state index >= 15 is 0 Å². The lowest BCUT2D eigenvalue weighted by atomic mass is 9.95. The topological polar surface area (TPSA) is 97.0 Å². The van der Waals surface area contributed by atoms with Crippen molar-refractivity contribution >= 4 is 23.6 Å². The normalized spacial score (nSPS) is 16.3. The minimum atomic E-state index is -0.641. The van der Waals surface area contributed by atoms with Gasteiger partial charge in [-0.1, -0.05) is 31.9 Å². The second-order valence-electron chi connectivity index (χ2n) is 7.20. The first-order valence-corrected chi connectivity index (χ1v) is 10.2. The number of hydrogen-bond acceptors (Lipinski definition) is 5. The summed E-state index contributed by atoms with van der Waals surface area (Å²) in [6.45, 7) is 4.22. The van der Waals surface area contributed by atoms with Crippen LogP contribution in [0.1, 0.15) is 51.1 Å². The number of rotatable bonds is 10. The predicted molar refractivity (Wildman–Crippen MR) is 114 cm³/mol. The number of amides is 3. The monoisotopic (exact) mass is 417 g/mol. The SMILES string of the molecule is CCCCCC(=O)Nc1ccc([C@@H]2NC(=O)N(C)C(C)=C2C(=O)OCCOC)cc1. The summed E-state index contributed by atoms with van der Waals surface area (Å²) >= 11 is 0. The molecule has 2 rings (SSSR count). The van der Waals surface area contributed by atoms with Crippen molar-refractivity contribution in [1.82, 2.24) is 10.2 Å². The number of allylic oxidation sites excluding steroid dienone is 1. The van der Waals surface area contributed by atoms with E-state index in [-0.39, 0.29) is 25.2 Å².